The average Bonchev–Trinajstić information content (AvgIpc) is 3.05. The van der Waals surface area contributed by atoms with Gasteiger partial charge < -0.3 is 24.6 Å². The fraction of sp³-hybridized carbons (Fsp3) is 0.579. The molecule has 0 saturated carbocycles. The van der Waals surface area contributed by atoms with Gasteiger partial charge in [0.1, 0.15) is 0 Å². The van der Waals surface area contributed by atoms with Crippen LogP contribution in [0.1, 0.15) is 36.5 Å². The van der Waals surface area contributed by atoms with E-state index in [1.807, 2.05) is 11.8 Å². The Balaban J connectivity index is 1.63. The summed E-state index contributed by atoms with van der Waals surface area (Å²) in [5.41, 5.74) is 0.595. The first-order chi connectivity index (χ1) is 12.7. The molecule has 26 heavy (non-hydrogen) atoms. The van der Waals surface area contributed by atoms with Crippen molar-refractivity contribution in [2.75, 3.05) is 45.9 Å². The molecule has 2 heterocycles. The van der Waals surface area contributed by atoms with Crippen LogP contribution in [0.2, 0.25) is 0 Å². The largest absolute Gasteiger partial charge is 0.490 e. The quantitative estimate of drug-likeness (QED) is 0.895. The summed E-state index contributed by atoms with van der Waals surface area (Å²) < 4.78 is 11.3. The van der Waals surface area contributed by atoms with Gasteiger partial charge >= 0.3 is 6.03 Å². The monoisotopic (exact) mass is 361 g/mol. The fourth-order valence-electron chi connectivity index (χ4n) is 3.15. The van der Waals surface area contributed by atoms with Gasteiger partial charge in [-0.1, -0.05) is 6.92 Å². The number of hydrogen-bond acceptors (Lipinski definition) is 4. The molecule has 0 aromatic heterocycles. The number of fused-ring (bicyclic) bond motifs is 1. The number of benzene rings is 1. The molecule has 3 amide bonds. The van der Waals surface area contributed by atoms with Gasteiger partial charge in [0.2, 0.25) is 0 Å². The molecule has 1 aromatic rings. The van der Waals surface area contributed by atoms with E-state index in [1.165, 1.54) is 0 Å². The van der Waals surface area contributed by atoms with E-state index < -0.39 is 0 Å². The number of amides is 3. The van der Waals surface area contributed by atoms with Crippen molar-refractivity contribution in [3.63, 3.8) is 0 Å². The number of hydrogen-bond donors (Lipinski definition) is 1. The van der Waals surface area contributed by atoms with Gasteiger partial charge in [-0.15, -0.1) is 0 Å². The van der Waals surface area contributed by atoms with Gasteiger partial charge in [-0.25, -0.2) is 4.79 Å². The lowest BCUT2D eigenvalue weighted by Crippen LogP contribution is -2.42. The van der Waals surface area contributed by atoms with Crippen molar-refractivity contribution in [1.82, 2.24) is 15.1 Å². The molecule has 0 radical (unpaired) electrons. The van der Waals surface area contributed by atoms with Gasteiger partial charge in [0.25, 0.3) is 5.91 Å². The highest BCUT2D eigenvalue weighted by molar-refractivity contribution is 5.95. The van der Waals surface area contributed by atoms with Crippen LogP contribution in [0.4, 0.5) is 4.79 Å². The van der Waals surface area contributed by atoms with E-state index in [-0.39, 0.29) is 11.9 Å². The molecule has 1 aromatic carbocycles. The second-order valence-electron chi connectivity index (χ2n) is 6.58. The smallest absolute Gasteiger partial charge is 0.317 e. The molecule has 7 heteroatoms. The van der Waals surface area contributed by atoms with Crippen molar-refractivity contribution in [3.8, 4) is 11.5 Å². The molecule has 142 valence electrons. The predicted octanol–water partition coefficient (Wildman–Crippen LogP) is 2.12. The first-order valence-corrected chi connectivity index (χ1v) is 9.40. The van der Waals surface area contributed by atoms with Gasteiger partial charge in [-0.3, -0.25) is 4.79 Å². The molecular formula is C19H27N3O4. The van der Waals surface area contributed by atoms with Crippen molar-refractivity contribution in [1.29, 1.82) is 0 Å². The molecule has 1 saturated heterocycles. The second-order valence-corrected chi connectivity index (χ2v) is 6.58. The highest BCUT2D eigenvalue weighted by Gasteiger charge is 2.23. The minimum absolute atomic E-state index is 0.0311. The van der Waals surface area contributed by atoms with Crippen LogP contribution in [0.3, 0.4) is 0 Å². The fourth-order valence-corrected chi connectivity index (χ4v) is 3.15. The summed E-state index contributed by atoms with van der Waals surface area (Å²) in [6.07, 6.45) is 2.52. The molecule has 1 fully saturated rings. The Kier molecular flexibility index (Phi) is 6.20. The molecule has 2 aliphatic rings. The van der Waals surface area contributed by atoms with Crippen LogP contribution in [-0.2, 0) is 0 Å². The van der Waals surface area contributed by atoms with Gasteiger partial charge in [-0.2, -0.15) is 0 Å². The molecule has 0 spiro atoms. The zero-order valence-electron chi connectivity index (χ0n) is 15.3. The number of carbonyl (C=O) groups excluding carboxylic acids is 2. The lowest BCUT2D eigenvalue weighted by molar-refractivity contribution is 0.0762. The maximum absolute atomic E-state index is 12.9. The summed E-state index contributed by atoms with van der Waals surface area (Å²) in [6, 6.07) is 5.30. The molecular weight excluding hydrogens is 334 g/mol. The van der Waals surface area contributed by atoms with E-state index in [4.69, 9.17) is 9.47 Å². The lowest BCUT2D eigenvalue weighted by atomic mass is 10.1. The number of ether oxygens (including phenoxy) is 2. The van der Waals surface area contributed by atoms with Crippen molar-refractivity contribution in [2.24, 2.45) is 0 Å². The van der Waals surface area contributed by atoms with Crippen molar-refractivity contribution >= 4 is 11.9 Å². The summed E-state index contributed by atoms with van der Waals surface area (Å²) in [4.78, 5) is 28.6. The van der Waals surface area contributed by atoms with E-state index in [1.54, 1.807) is 23.1 Å². The van der Waals surface area contributed by atoms with E-state index in [2.05, 4.69) is 5.32 Å². The van der Waals surface area contributed by atoms with Gasteiger partial charge in [-0.05, 0) is 31.0 Å². The summed E-state index contributed by atoms with van der Waals surface area (Å²) in [7, 11) is 0. The van der Waals surface area contributed by atoms with E-state index in [9.17, 15) is 9.59 Å². The molecule has 0 aliphatic carbocycles. The Bertz CT molecular complexity index is 650. The Hall–Kier alpha value is -2.44. The molecule has 2 aliphatic heterocycles. The van der Waals surface area contributed by atoms with Crippen LogP contribution >= 0.6 is 0 Å². The maximum Gasteiger partial charge on any atom is 0.317 e. The van der Waals surface area contributed by atoms with Gasteiger partial charge in [0.15, 0.2) is 11.5 Å². The number of rotatable bonds is 3. The molecule has 0 unspecified atom stereocenters. The SMILES string of the molecule is CCCNC(=O)N1CCCN(C(=O)c2ccc3c(c2)OCCCO3)CC1. The average molecular weight is 361 g/mol. The van der Waals surface area contributed by atoms with Gasteiger partial charge in [0, 0.05) is 44.7 Å². The standard InChI is InChI=1S/C19H27N3O4/c1-2-7-20-19(24)22-9-3-8-21(10-11-22)18(23)15-5-6-16-17(14-15)26-13-4-12-25-16/h5-6,14H,2-4,7-13H2,1H3,(H,20,24). The zero-order valence-corrected chi connectivity index (χ0v) is 15.3. The molecule has 0 atom stereocenters. The number of nitrogens with one attached hydrogen (secondary N) is 1. The summed E-state index contributed by atoms with van der Waals surface area (Å²) in [5.74, 6) is 1.29. The minimum atomic E-state index is -0.0447. The molecule has 1 N–H and O–H groups in total. The normalized spacial score (nSPS) is 17.3. The second kappa shape index (κ2) is 8.78. The topological polar surface area (TPSA) is 71.1 Å². The number of urea groups is 1. The number of nitrogens with zero attached hydrogens (tertiary/aromatic N) is 2. The summed E-state index contributed by atoms with van der Waals surface area (Å²) in [6.45, 7) is 6.32. The minimum Gasteiger partial charge on any atom is -0.490 e. The third-order valence-electron chi connectivity index (χ3n) is 4.59. The van der Waals surface area contributed by atoms with Gasteiger partial charge in [0.05, 0.1) is 13.2 Å². The highest BCUT2D eigenvalue weighted by Crippen LogP contribution is 2.30. The highest BCUT2D eigenvalue weighted by atomic mass is 16.5. The van der Waals surface area contributed by atoms with E-state index in [0.717, 1.165) is 19.3 Å². The third-order valence-corrected chi connectivity index (χ3v) is 4.59. The van der Waals surface area contributed by atoms with Crippen LogP contribution in [0.25, 0.3) is 0 Å². The van der Waals surface area contributed by atoms with Crippen molar-refractivity contribution in [3.05, 3.63) is 23.8 Å². The molecule has 3 rings (SSSR count). The summed E-state index contributed by atoms with van der Waals surface area (Å²) >= 11 is 0. The van der Waals surface area contributed by atoms with Crippen LogP contribution in [0.5, 0.6) is 11.5 Å². The Labute approximate surface area is 154 Å². The molecule has 7 nitrogen and oxygen atoms in total. The zero-order chi connectivity index (χ0) is 18.4. The third kappa shape index (κ3) is 4.39. The lowest BCUT2D eigenvalue weighted by Gasteiger charge is -2.22. The Morgan fingerprint density at radius 2 is 1.73 bits per heavy atom. The Morgan fingerprint density at radius 1 is 1.00 bits per heavy atom. The molecule has 0 bridgehead atoms. The van der Waals surface area contributed by atoms with Crippen LogP contribution in [0, 0.1) is 0 Å². The summed E-state index contributed by atoms with van der Waals surface area (Å²) in [5, 5.41) is 2.90. The predicted molar refractivity (Wildman–Crippen MR) is 97.8 cm³/mol. The first-order valence-electron chi connectivity index (χ1n) is 9.40. The van der Waals surface area contributed by atoms with Crippen LogP contribution < -0.4 is 14.8 Å². The van der Waals surface area contributed by atoms with E-state index in [0.29, 0.717) is 63.0 Å². The Morgan fingerprint density at radius 3 is 2.54 bits per heavy atom. The van der Waals surface area contributed by atoms with Crippen LogP contribution in [0.15, 0.2) is 18.2 Å². The number of carbonyl (C=O) groups is 2. The van der Waals surface area contributed by atoms with E-state index >= 15 is 0 Å². The van der Waals surface area contributed by atoms with Crippen molar-refractivity contribution in [2.45, 2.75) is 26.2 Å². The first kappa shape index (κ1) is 18.4. The van der Waals surface area contributed by atoms with Crippen molar-refractivity contribution < 1.29 is 19.1 Å². The van der Waals surface area contributed by atoms with Crippen LogP contribution in [-0.4, -0.2) is 67.7 Å². The maximum atomic E-state index is 12.9.